The van der Waals surface area contributed by atoms with E-state index in [1.165, 1.54) is 0 Å². The summed E-state index contributed by atoms with van der Waals surface area (Å²) in [6.07, 6.45) is 0. The molecule has 1 aromatic carbocycles. The standard InChI is InChI=1S/C13H15NO2S/c1-7-5-6-8(11(15)17)10-9(7)14-12(16-10)13(2,3)4/h5-6H,1-4H3,(H,15,17). The van der Waals surface area contributed by atoms with Gasteiger partial charge in [-0.1, -0.05) is 26.8 Å². The number of hydrogen-bond acceptors (Lipinski definition) is 3. The van der Waals surface area contributed by atoms with Crippen molar-refractivity contribution in [3.63, 3.8) is 0 Å². The van der Waals surface area contributed by atoms with Crippen LogP contribution in [0.1, 0.15) is 37.8 Å². The molecule has 0 unspecified atom stereocenters. The Morgan fingerprint density at radius 3 is 2.53 bits per heavy atom. The second kappa shape index (κ2) is 3.81. The number of fused-ring (bicyclic) bond motifs is 1. The second-order valence-electron chi connectivity index (χ2n) is 5.18. The van der Waals surface area contributed by atoms with Gasteiger partial charge >= 0.3 is 0 Å². The third-order valence-electron chi connectivity index (χ3n) is 2.62. The summed E-state index contributed by atoms with van der Waals surface area (Å²) in [6, 6.07) is 3.65. The van der Waals surface area contributed by atoms with Crippen LogP contribution in [0.5, 0.6) is 0 Å². The van der Waals surface area contributed by atoms with Crippen LogP contribution in [0.2, 0.25) is 0 Å². The molecular weight excluding hydrogens is 234 g/mol. The second-order valence-corrected chi connectivity index (χ2v) is 5.57. The number of nitrogens with zero attached hydrogens (tertiary/aromatic N) is 1. The molecule has 0 fully saturated rings. The third-order valence-corrected chi connectivity index (χ3v) is 2.84. The summed E-state index contributed by atoms with van der Waals surface area (Å²) < 4.78 is 5.75. The lowest BCUT2D eigenvalue weighted by atomic mass is 9.97. The number of thiocarbonyl (C=S) groups is 1. The van der Waals surface area contributed by atoms with E-state index in [1.807, 2.05) is 33.8 Å². The van der Waals surface area contributed by atoms with Gasteiger partial charge in [-0.25, -0.2) is 4.98 Å². The lowest BCUT2D eigenvalue weighted by Gasteiger charge is -2.11. The van der Waals surface area contributed by atoms with E-state index in [9.17, 15) is 5.11 Å². The molecule has 0 aliphatic carbocycles. The van der Waals surface area contributed by atoms with Crippen LogP contribution in [-0.4, -0.2) is 15.1 Å². The van der Waals surface area contributed by atoms with Crippen molar-refractivity contribution in [2.75, 3.05) is 0 Å². The zero-order valence-corrected chi connectivity index (χ0v) is 11.2. The monoisotopic (exact) mass is 249 g/mol. The maximum absolute atomic E-state index is 9.47. The van der Waals surface area contributed by atoms with Crippen LogP contribution in [0, 0.1) is 6.92 Å². The number of aromatic nitrogens is 1. The molecule has 90 valence electrons. The van der Waals surface area contributed by atoms with E-state index in [2.05, 4.69) is 4.98 Å². The fourth-order valence-electron chi connectivity index (χ4n) is 1.62. The van der Waals surface area contributed by atoms with Gasteiger partial charge in [0.1, 0.15) is 5.52 Å². The zero-order chi connectivity index (χ0) is 12.8. The van der Waals surface area contributed by atoms with Crippen molar-refractivity contribution in [2.24, 2.45) is 0 Å². The maximum atomic E-state index is 9.47. The van der Waals surface area contributed by atoms with Gasteiger partial charge in [0.25, 0.3) is 0 Å². The molecular formula is C13H15NO2S. The molecule has 0 spiro atoms. The topological polar surface area (TPSA) is 46.3 Å². The van der Waals surface area contributed by atoms with Gasteiger partial charge in [-0.05, 0) is 30.8 Å². The minimum absolute atomic E-state index is 0.161. The number of aliphatic hydroxyl groups is 1. The molecule has 1 N–H and O–H groups in total. The van der Waals surface area contributed by atoms with Gasteiger partial charge in [0.15, 0.2) is 10.6 Å². The molecule has 0 bridgehead atoms. The predicted octanol–water partition coefficient (Wildman–Crippen LogP) is 3.67. The molecule has 0 saturated carbocycles. The van der Waals surface area contributed by atoms with Crippen molar-refractivity contribution < 1.29 is 9.52 Å². The highest BCUT2D eigenvalue weighted by molar-refractivity contribution is 7.80. The molecule has 17 heavy (non-hydrogen) atoms. The van der Waals surface area contributed by atoms with Crippen LogP contribution < -0.4 is 0 Å². The maximum Gasteiger partial charge on any atom is 0.200 e. The van der Waals surface area contributed by atoms with Crippen molar-refractivity contribution in [1.29, 1.82) is 0 Å². The van der Waals surface area contributed by atoms with E-state index in [-0.39, 0.29) is 10.5 Å². The van der Waals surface area contributed by atoms with Gasteiger partial charge < -0.3 is 9.52 Å². The van der Waals surface area contributed by atoms with E-state index < -0.39 is 0 Å². The Morgan fingerprint density at radius 2 is 2.00 bits per heavy atom. The van der Waals surface area contributed by atoms with Crippen molar-refractivity contribution in [2.45, 2.75) is 33.1 Å². The average molecular weight is 249 g/mol. The Balaban J connectivity index is 2.79. The fourth-order valence-corrected chi connectivity index (χ4v) is 1.78. The summed E-state index contributed by atoms with van der Waals surface area (Å²) in [7, 11) is 0. The summed E-state index contributed by atoms with van der Waals surface area (Å²) in [5.74, 6) is 0.652. The first-order chi connectivity index (χ1) is 7.80. The molecule has 0 atom stereocenters. The highest BCUT2D eigenvalue weighted by Gasteiger charge is 2.23. The molecule has 0 amide bonds. The molecule has 4 heteroatoms. The van der Waals surface area contributed by atoms with Crippen LogP contribution in [0.4, 0.5) is 0 Å². The number of oxazole rings is 1. The van der Waals surface area contributed by atoms with Crippen molar-refractivity contribution in [1.82, 2.24) is 4.98 Å². The summed E-state index contributed by atoms with van der Waals surface area (Å²) in [4.78, 5) is 4.49. The highest BCUT2D eigenvalue weighted by Crippen LogP contribution is 2.29. The lowest BCUT2D eigenvalue weighted by Crippen LogP contribution is -2.11. The Hall–Kier alpha value is -1.42. The summed E-state index contributed by atoms with van der Waals surface area (Å²) in [5.41, 5.74) is 2.72. The van der Waals surface area contributed by atoms with E-state index in [0.717, 1.165) is 11.1 Å². The predicted molar refractivity (Wildman–Crippen MR) is 71.8 cm³/mol. The molecule has 0 aliphatic heterocycles. The molecule has 1 aromatic heterocycles. The van der Waals surface area contributed by atoms with Crippen molar-refractivity contribution in [3.8, 4) is 0 Å². The Kier molecular flexibility index (Phi) is 2.70. The van der Waals surface area contributed by atoms with E-state index in [0.29, 0.717) is 17.0 Å². The molecule has 2 aromatic rings. The fraction of sp³-hybridized carbons (Fsp3) is 0.385. The van der Waals surface area contributed by atoms with Gasteiger partial charge in [-0.15, -0.1) is 0 Å². The summed E-state index contributed by atoms with van der Waals surface area (Å²) in [5, 5.41) is 9.31. The van der Waals surface area contributed by atoms with Gasteiger partial charge in [0.2, 0.25) is 5.89 Å². The molecule has 0 radical (unpaired) electrons. The minimum Gasteiger partial charge on any atom is -0.498 e. The molecule has 1 heterocycles. The largest absolute Gasteiger partial charge is 0.498 e. The molecule has 0 saturated heterocycles. The number of aryl methyl sites for hydroxylation is 1. The Labute approximate surface area is 105 Å². The van der Waals surface area contributed by atoms with Crippen molar-refractivity contribution in [3.05, 3.63) is 29.2 Å². The Bertz CT molecular complexity index is 593. The van der Waals surface area contributed by atoms with E-state index in [1.54, 1.807) is 6.07 Å². The smallest absolute Gasteiger partial charge is 0.200 e. The number of hydrogen-bond donors (Lipinski definition) is 1. The van der Waals surface area contributed by atoms with Crippen LogP contribution in [-0.2, 0) is 5.41 Å². The molecule has 2 rings (SSSR count). The van der Waals surface area contributed by atoms with Crippen molar-refractivity contribution >= 4 is 28.4 Å². The quantitative estimate of drug-likeness (QED) is 0.783. The lowest BCUT2D eigenvalue weighted by molar-refractivity contribution is 0.410. The number of rotatable bonds is 1. The summed E-state index contributed by atoms with van der Waals surface area (Å²) >= 11 is 4.80. The average Bonchev–Trinajstić information content (AvgIpc) is 2.62. The normalized spacial score (nSPS) is 12.0. The Morgan fingerprint density at radius 1 is 1.35 bits per heavy atom. The number of benzene rings is 1. The van der Waals surface area contributed by atoms with Crippen LogP contribution in [0.25, 0.3) is 11.1 Å². The number of aliphatic hydroxyl groups excluding tert-OH is 1. The highest BCUT2D eigenvalue weighted by atomic mass is 32.1. The van der Waals surface area contributed by atoms with Gasteiger partial charge in [-0.2, -0.15) is 0 Å². The summed E-state index contributed by atoms with van der Waals surface area (Å²) in [6.45, 7) is 8.06. The minimum atomic E-state index is -0.167. The first-order valence-electron chi connectivity index (χ1n) is 5.44. The van der Waals surface area contributed by atoms with Gasteiger partial charge in [0.05, 0.1) is 5.56 Å². The third kappa shape index (κ3) is 2.05. The van der Waals surface area contributed by atoms with Gasteiger partial charge in [0, 0.05) is 5.41 Å². The van der Waals surface area contributed by atoms with Gasteiger partial charge in [-0.3, -0.25) is 0 Å². The van der Waals surface area contributed by atoms with E-state index >= 15 is 0 Å². The van der Waals surface area contributed by atoms with Crippen LogP contribution >= 0.6 is 12.2 Å². The zero-order valence-electron chi connectivity index (χ0n) is 10.4. The van der Waals surface area contributed by atoms with E-state index in [4.69, 9.17) is 16.6 Å². The first-order valence-corrected chi connectivity index (χ1v) is 5.85. The molecule has 3 nitrogen and oxygen atoms in total. The van der Waals surface area contributed by atoms with Crippen LogP contribution in [0.15, 0.2) is 16.5 Å². The van der Waals surface area contributed by atoms with Crippen LogP contribution in [0.3, 0.4) is 0 Å². The molecule has 0 aliphatic rings. The SMILES string of the molecule is Cc1ccc(C(O)=S)c2oc(C(C)(C)C)nc12. The first kappa shape index (κ1) is 12.0.